The number of carbonyl (C=O) groups is 1. The van der Waals surface area contributed by atoms with Crippen LogP contribution in [0.4, 0.5) is 0 Å². The second-order valence-electron chi connectivity index (χ2n) is 2.99. The van der Waals surface area contributed by atoms with Gasteiger partial charge in [0.2, 0.25) is 0 Å². The number of hydrogen-bond acceptors (Lipinski definition) is 3. The second-order valence-corrected chi connectivity index (χ2v) is 2.99. The largest absolute Gasteiger partial charge is 0.478 e. The Labute approximate surface area is 88.4 Å². The van der Waals surface area contributed by atoms with Gasteiger partial charge < -0.3 is 14.6 Å². The van der Waals surface area contributed by atoms with E-state index in [9.17, 15) is 4.79 Å². The second kappa shape index (κ2) is 5.36. The third-order valence-corrected chi connectivity index (χ3v) is 2.02. The molecule has 15 heavy (non-hydrogen) atoms. The molecule has 0 bridgehead atoms. The van der Waals surface area contributed by atoms with E-state index in [1.54, 1.807) is 25.1 Å². The first kappa shape index (κ1) is 11.5. The summed E-state index contributed by atoms with van der Waals surface area (Å²) in [5.41, 5.74) is 0.869. The van der Waals surface area contributed by atoms with Crippen LogP contribution in [0, 0.1) is 6.92 Å². The van der Waals surface area contributed by atoms with E-state index in [1.807, 2.05) is 6.92 Å². The first-order valence-electron chi connectivity index (χ1n) is 4.70. The van der Waals surface area contributed by atoms with E-state index in [1.165, 1.54) is 0 Å². The molecular formula is C11H14O4. The van der Waals surface area contributed by atoms with Crippen molar-refractivity contribution in [1.29, 1.82) is 0 Å². The van der Waals surface area contributed by atoms with E-state index in [2.05, 4.69) is 0 Å². The molecule has 0 aliphatic carbocycles. The minimum Gasteiger partial charge on any atom is -0.478 e. The number of benzene rings is 1. The summed E-state index contributed by atoms with van der Waals surface area (Å²) in [5.74, 6) is -0.405. The van der Waals surface area contributed by atoms with Crippen LogP contribution in [-0.2, 0) is 4.74 Å². The van der Waals surface area contributed by atoms with Crippen LogP contribution in [0.25, 0.3) is 0 Å². The van der Waals surface area contributed by atoms with Crippen molar-refractivity contribution in [2.75, 3.05) is 13.4 Å². The lowest BCUT2D eigenvalue weighted by atomic mass is 10.1. The quantitative estimate of drug-likeness (QED) is 0.597. The van der Waals surface area contributed by atoms with Crippen molar-refractivity contribution in [2.45, 2.75) is 13.8 Å². The summed E-state index contributed by atoms with van der Waals surface area (Å²) in [6, 6.07) is 4.92. The van der Waals surface area contributed by atoms with Gasteiger partial charge in [-0.15, -0.1) is 0 Å². The molecule has 0 atom stereocenters. The zero-order valence-corrected chi connectivity index (χ0v) is 8.82. The topological polar surface area (TPSA) is 55.8 Å². The van der Waals surface area contributed by atoms with Gasteiger partial charge in [0.05, 0.1) is 5.56 Å². The summed E-state index contributed by atoms with van der Waals surface area (Å²) in [6.45, 7) is 4.28. The molecule has 4 nitrogen and oxygen atoms in total. The Bertz CT molecular complexity index is 346. The Balaban J connectivity index is 2.80. The van der Waals surface area contributed by atoms with Gasteiger partial charge in [-0.1, -0.05) is 6.07 Å². The van der Waals surface area contributed by atoms with Crippen molar-refractivity contribution in [3.05, 3.63) is 29.3 Å². The van der Waals surface area contributed by atoms with Gasteiger partial charge in [0.25, 0.3) is 0 Å². The normalized spacial score (nSPS) is 10.0. The van der Waals surface area contributed by atoms with Crippen LogP contribution in [0.15, 0.2) is 18.2 Å². The minimum absolute atomic E-state index is 0.139. The molecule has 82 valence electrons. The van der Waals surface area contributed by atoms with Crippen molar-refractivity contribution in [3.63, 3.8) is 0 Å². The van der Waals surface area contributed by atoms with Gasteiger partial charge in [-0.25, -0.2) is 4.79 Å². The summed E-state index contributed by atoms with van der Waals surface area (Å²) in [6.07, 6.45) is 0. The van der Waals surface area contributed by atoms with Gasteiger partial charge in [-0.05, 0) is 26.0 Å². The SMILES string of the molecule is CCOCOc1cccc(C(=O)O)c1C. The highest BCUT2D eigenvalue weighted by Crippen LogP contribution is 2.21. The molecule has 0 heterocycles. The van der Waals surface area contributed by atoms with Crippen molar-refractivity contribution >= 4 is 5.97 Å². The number of hydrogen-bond donors (Lipinski definition) is 1. The van der Waals surface area contributed by atoms with Crippen molar-refractivity contribution in [1.82, 2.24) is 0 Å². The number of carboxylic acid groups (broad SMARTS) is 1. The smallest absolute Gasteiger partial charge is 0.336 e. The average Bonchev–Trinajstić information content (AvgIpc) is 2.20. The fourth-order valence-corrected chi connectivity index (χ4v) is 1.19. The number of aromatic carboxylic acids is 1. The molecule has 0 saturated carbocycles. The monoisotopic (exact) mass is 210 g/mol. The molecule has 0 saturated heterocycles. The number of carboxylic acids is 1. The van der Waals surface area contributed by atoms with Gasteiger partial charge in [0.1, 0.15) is 5.75 Å². The van der Waals surface area contributed by atoms with Gasteiger partial charge in [-0.2, -0.15) is 0 Å². The van der Waals surface area contributed by atoms with Crippen LogP contribution >= 0.6 is 0 Å². The lowest BCUT2D eigenvalue weighted by molar-refractivity contribution is 0.0218. The van der Waals surface area contributed by atoms with Crippen LogP contribution in [0.1, 0.15) is 22.8 Å². The first-order valence-corrected chi connectivity index (χ1v) is 4.70. The summed E-state index contributed by atoms with van der Waals surface area (Å²) in [5, 5.41) is 8.87. The minimum atomic E-state index is -0.950. The van der Waals surface area contributed by atoms with Crippen LogP contribution in [0.5, 0.6) is 5.75 Å². The molecule has 0 aliphatic heterocycles. The molecule has 0 radical (unpaired) electrons. The Morgan fingerprint density at radius 2 is 2.20 bits per heavy atom. The number of ether oxygens (including phenoxy) is 2. The third-order valence-electron chi connectivity index (χ3n) is 2.02. The first-order chi connectivity index (χ1) is 7.16. The Morgan fingerprint density at radius 3 is 2.80 bits per heavy atom. The van der Waals surface area contributed by atoms with E-state index in [0.717, 1.165) is 0 Å². The van der Waals surface area contributed by atoms with E-state index in [4.69, 9.17) is 14.6 Å². The lowest BCUT2D eigenvalue weighted by Crippen LogP contribution is -2.06. The van der Waals surface area contributed by atoms with Crippen molar-refractivity contribution in [3.8, 4) is 5.75 Å². The maximum atomic E-state index is 10.8. The fraction of sp³-hybridized carbons (Fsp3) is 0.364. The molecule has 0 unspecified atom stereocenters. The fourth-order valence-electron chi connectivity index (χ4n) is 1.19. The maximum absolute atomic E-state index is 10.8. The molecule has 1 N–H and O–H groups in total. The highest BCUT2D eigenvalue weighted by Gasteiger charge is 2.10. The van der Waals surface area contributed by atoms with E-state index in [-0.39, 0.29) is 12.4 Å². The standard InChI is InChI=1S/C11H14O4/c1-3-14-7-15-10-6-4-5-9(8(10)2)11(12)13/h4-6H,3,7H2,1-2H3,(H,12,13). The van der Waals surface area contributed by atoms with Gasteiger partial charge in [0, 0.05) is 12.2 Å². The zero-order valence-electron chi connectivity index (χ0n) is 8.82. The summed E-state index contributed by atoms with van der Waals surface area (Å²) in [4.78, 5) is 10.8. The average molecular weight is 210 g/mol. The Kier molecular flexibility index (Phi) is 4.12. The predicted octanol–water partition coefficient (Wildman–Crippen LogP) is 2.07. The van der Waals surface area contributed by atoms with E-state index in [0.29, 0.717) is 17.9 Å². The molecular weight excluding hydrogens is 196 g/mol. The summed E-state index contributed by atoms with van der Waals surface area (Å²) in [7, 11) is 0. The maximum Gasteiger partial charge on any atom is 0.336 e. The van der Waals surface area contributed by atoms with Crippen LogP contribution in [0.2, 0.25) is 0 Å². The molecule has 0 spiro atoms. The van der Waals surface area contributed by atoms with Gasteiger partial charge in [0.15, 0.2) is 6.79 Å². The van der Waals surface area contributed by atoms with Crippen molar-refractivity contribution < 1.29 is 19.4 Å². The number of rotatable bonds is 5. The predicted molar refractivity (Wildman–Crippen MR) is 55.3 cm³/mol. The van der Waals surface area contributed by atoms with Crippen LogP contribution in [-0.4, -0.2) is 24.5 Å². The molecule has 0 amide bonds. The Morgan fingerprint density at radius 1 is 1.47 bits per heavy atom. The summed E-state index contributed by atoms with van der Waals surface area (Å²) < 4.78 is 10.3. The molecule has 0 aromatic heterocycles. The summed E-state index contributed by atoms with van der Waals surface area (Å²) >= 11 is 0. The van der Waals surface area contributed by atoms with Crippen LogP contribution in [0.3, 0.4) is 0 Å². The molecule has 1 aromatic rings. The van der Waals surface area contributed by atoms with Gasteiger partial charge >= 0.3 is 5.97 Å². The highest BCUT2D eigenvalue weighted by molar-refractivity contribution is 5.90. The third kappa shape index (κ3) is 2.95. The molecule has 1 aromatic carbocycles. The molecule has 0 aliphatic rings. The zero-order chi connectivity index (χ0) is 11.3. The van der Waals surface area contributed by atoms with Crippen LogP contribution < -0.4 is 4.74 Å². The van der Waals surface area contributed by atoms with E-state index >= 15 is 0 Å². The molecule has 0 fully saturated rings. The molecule has 1 rings (SSSR count). The van der Waals surface area contributed by atoms with Crippen molar-refractivity contribution in [2.24, 2.45) is 0 Å². The van der Waals surface area contributed by atoms with Gasteiger partial charge in [-0.3, -0.25) is 0 Å². The Hall–Kier alpha value is -1.55. The molecule has 4 heteroatoms. The van der Waals surface area contributed by atoms with E-state index < -0.39 is 5.97 Å². The lowest BCUT2D eigenvalue weighted by Gasteiger charge is -2.10. The highest BCUT2D eigenvalue weighted by atomic mass is 16.7.